The molecule has 5 heteroatoms. The summed E-state index contributed by atoms with van der Waals surface area (Å²) in [5.41, 5.74) is 10.3. The van der Waals surface area contributed by atoms with Crippen molar-refractivity contribution >= 4 is 16.9 Å². The van der Waals surface area contributed by atoms with Crippen LogP contribution < -0.4 is 11.1 Å². The summed E-state index contributed by atoms with van der Waals surface area (Å²) in [7, 11) is 0. The van der Waals surface area contributed by atoms with Crippen molar-refractivity contribution in [3.63, 3.8) is 0 Å². The fraction of sp³-hybridized carbons (Fsp3) is 0.333. The van der Waals surface area contributed by atoms with Gasteiger partial charge in [-0.25, -0.2) is 4.98 Å². The van der Waals surface area contributed by atoms with Crippen LogP contribution in [0.2, 0.25) is 0 Å². The first-order valence-electron chi connectivity index (χ1n) is 9.24. The Balaban J connectivity index is 1.38. The van der Waals surface area contributed by atoms with Crippen molar-refractivity contribution in [2.24, 2.45) is 11.7 Å². The van der Waals surface area contributed by atoms with Crippen LogP contribution in [0.1, 0.15) is 31.2 Å². The Morgan fingerprint density at radius 2 is 1.96 bits per heavy atom. The predicted molar refractivity (Wildman–Crippen MR) is 103 cm³/mol. The van der Waals surface area contributed by atoms with Crippen LogP contribution in [-0.4, -0.2) is 21.5 Å². The van der Waals surface area contributed by atoms with Gasteiger partial charge in [-0.2, -0.15) is 0 Å². The van der Waals surface area contributed by atoms with Crippen LogP contribution >= 0.6 is 0 Å². The van der Waals surface area contributed by atoms with Crippen LogP contribution in [0.3, 0.4) is 0 Å². The molecule has 1 saturated carbocycles. The van der Waals surface area contributed by atoms with Crippen molar-refractivity contribution in [2.45, 2.75) is 38.3 Å². The second-order valence-corrected chi connectivity index (χ2v) is 7.11. The molecule has 0 bridgehead atoms. The number of benzene rings is 2. The standard InChI is InChI=1S/C21H24N4O/c22-18-5-3-4-16(18)12-21(26)23-13-15-8-10-17(11-9-15)25-14-24-19-6-1-2-7-20(19)25/h1-2,6-11,14,16,18H,3-5,12-13,22H2,(H,23,26)/t16-,18+/m0/s1. The van der Waals surface area contributed by atoms with Gasteiger partial charge in [0.25, 0.3) is 0 Å². The Kier molecular flexibility index (Phi) is 4.71. The molecular weight excluding hydrogens is 324 g/mol. The first-order valence-corrected chi connectivity index (χ1v) is 9.24. The Morgan fingerprint density at radius 1 is 1.15 bits per heavy atom. The van der Waals surface area contributed by atoms with Gasteiger partial charge in [-0.3, -0.25) is 9.36 Å². The summed E-state index contributed by atoms with van der Waals surface area (Å²) in [5, 5.41) is 3.02. The number of rotatable bonds is 5. The number of carbonyl (C=O) groups excluding carboxylic acids is 1. The summed E-state index contributed by atoms with van der Waals surface area (Å²) in [6.45, 7) is 0.547. The third kappa shape index (κ3) is 3.48. The number of aromatic nitrogens is 2. The van der Waals surface area contributed by atoms with Crippen molar-refractivity contribution in [3.8, 4) is 5.69 Å². The van der Waals surface area contributed by atoms with Crippen molar-refractivity contribution in [2.75, 3.05) is 0 Å². The lowest BCUT2D eigenvalue weighted by Gasteiger charge is -2.14. The molecule has 3 N–H and O–H groups in total. The van der Waals surface area contributed by atoms with E-state index < -0.39 is 0 Å². The second kappa shape index (κ2) is 7.30. The molecule has 0 saturated heterocycles. The molecule has 0 spiro atoms. The number of fused-ring (bicyclic) bond motifs is 1. The predicted octanol–water partition coefficient (Wildman–Crippen LogP) is 3.16. The van der Waals surface area contributed by atoms with Gasteiger partial charge in [-0.1, -0.05) is 30.7 Å². The normalized spacial score (nSPS) is 19.7. The number of nitrogens with two attached hydrogens (primary N) is 1. The minimum atomic E-state index is 0.0945. The Labute approximate surface area is 153 Å². The van der Waals surface area contributed by atoms with Gasteiger partial charge >= 0.3 is 0 Å². The highest BCUT2D eigenvalue weighted by molar-refractivity contribution is 5.77. The molecule has 0 aliphatic heterocycles. The quantitative estimate of drug-likeness (QED) is 0.744. The van der Waals surface area contributed by atoms with Gasteiger partial charge in [0.05, 0.1) is 11.0 Å². The molecule has 26 heavy (non-hydrogen) atoms. The van der Waals surface area contributed by atoms with Gasteiger partial charge in [-0.15, -0.1) is 0 Å². The van der Waals surface area contributed by atoms with E-state index in [9.17, 15) is 4.79 Å². The number of para-hydroxylation sites is 2. The SMILES string of the molecule is N[C@@H]1CCC[C@H]1CC(=O)NCc1ccc(-n2cnc3ccccc32)cc1. The van der Waals surface area contributed by atoms with E-state index in [2.05, 4.69) is 33.1 Å². The maximum atomic E-state index is 12.1. The lowest BCUT2D eigenvalue weighted by molar-refractivity contribution is -0.122. The summed E-state index contributed by atoms with van der Waals surface area (Å²) in [5.74, 6) is 0.434. The molecule has 2 atom stereocenters. The maximum Gasteiger partial charge on any atom is 0.220 e. The van der Waals surface area contributed by atoms with Crippen LogP contribution in [0.5, 0.6) is 0 Å². The van der Waals surface area contributed by atoms with Crippen LogP contribution in [0.15, 0.2) is 54.9 Å². The topological polar surface area (TPSA) is 72.9 Å². The zero-order chi connectivity index (χ0) is 17.9. The van der Waals surface area contributed by atoms with Gasteiger partial charge in [0, 0.05) is 24.7 Å². The molecule has 4 rings (SSSR count). The molecule has 1 heterocycles. The van der Waals surface area contributed by atoms with Crippen molar-refractivity contribution in [1.82, 2.24) is 14.9 Å². The van der Waals surface area contributed by atoms with E-state index in [1.165, 1.54) is 0 Å². The van der Waals surface area contributed by atoms with E-state index in [1.54, 1.807) is 0 Å². The molecule has 1 aliphatic rings. The van der Waals surface area contributed by atoms with Gasteiger partial charge < -0.3 is 11.1 Å². The molecule has 2 aromatic carbocycles. The first-order chi connectivity index (χ1) is 12.7. The Bertz CT molecular complexity index is 900. The van der Waals surface area contributed by atoms with E-state index in [0.29, 0.717) is 18.9 Å². The Morgan fingerprint density at radius 3 is 2.73 bits per heavy atom. The highest BCUT2D eigenvalue weighted by atomic mass is 16.1. The highest BCUT2D eigenvalue weighted by Crippen LogP contribution is 2.26. The summed E-state index contributed by atoms with van der Waals surface area (Å²) in [6, 6.07) is 16.5. The highest BCUT2D eigenvalue weighted by Gasteiger charge is 2.25. The van der Waals surface area contributed by atoms with Crippen LogP contribution in [-0.2, 0) is 11.3 Å². The molecule has 0 unspecified atom stereocenters. The first kappa shape index (κ1) is 16.8. The van der Waals surface area contributed by atoms with E-state index >= 15 is 0 Å². The second-order valence-electron chi connectivity index (χ2n) is 7.11. The number of imidazole rings is 1. The lowest BCUT2D eigenvalue weighted by atomic mass is 10.00. The van der Waals surface area contributed by atoms with E-state index in [4.69, 9.17) is 5.73 Å². The van der Waals surface area contributed by atoms with E-state index in [-0.39, 0.29) is 11.9 Å². The average molecular weight is 348 g/mol. The van der Waals surface area contributed by atoms with Crippen LogP contribution in [0.25, 0.3) is 16.7 Å². The number of nitrogens with one attached hydrogen (secondary N) is 1. The van der Waals surface area contributed by atoms with E-state index in [1.807, 2.05) is 36.7 Å². The van der Waals surface area contributed by atoms with Gasteiger partial charge in [-0.05, 0) is 48.6 Å². The summed E-state index contributed by atoms with van der Waals surface area (Å²) in [4.78, 5) is 16.6. The summed E-state index contributed by atoms with van der Waals surface area (Å²) in [6.07, 6.45) is 5.64. The van der Waals surface area contributed by atoms with Crippen LogP contribution in [0.4, 0.5) is 0 Å². The van der Waals surface area contributed by atoms with Gasteiger partial charge in [0.2, 0.25) is 5.91 Å². The fourth-order valence-electron chi connectivity index (χ4n) is 3.77. The average Bonchev–Trinajstić information content (AvgIpc) is 3.27. The minimum Gasteiger partial charge on any atom is -0.352 e. The Hall–Kier alpha value is -2.66. The van der Waals surface area contributed by atoms with Crippen LogP contribution in [0, 0.1) is 5.92 Å². The smallest absolute Gasteiger partial charge is 0.220 e. The van der Waals surface area contributed by atoms with Gasteiger partial charge in [0.15, 0.2) is 0 Å². The lowest BCUT2D eigenvalue weighted by Crippen LogP contribution is -2.31. The maximum absolute atomic E-state index is 12.1. The number of hydrogen-bond donors (Lipinski definition) is 2. The molecule has 134 valence electrons. The van der Waals surface area contributed by atoms with Crippen molar-refractivity contribution in [1.29, 1.82) is 0 Å². The van der Waals surface area contributed by atoms with Crippen molar-refractivity contribution in [3.05, 3.63) is 60.4 Å². The molecule has 0 radical (unpaired) electrons. The molecule has 1 aliphatic carbocycles. The number of carbonyl (C=O) groups is 1. The van der Waals surface area contributed by atoms with Gasteiger partial charge in [0.1, 0.15) is 6.33 Å². The third-order valence-electron chi connectivity index (χ3n) is 5.32. The zero-order valence-electron chi connectivity index (χ0n) is 14.8. The fourth-order valence-corrected chi connectivity index (χ4v) is 3.77. The summed E-state index contributed by atoms with van der Waals surface area (Å²) < 4.78 is 2.07. The number of amides is 1. The zero-order valence-corrected chi connectivity index (χ0v) is 14.8. The molecule has 1 amide bonds. The summed E-state index contributed by atoms with van der Waals surface area (Å²) >= 11 is 0. The monoisotopic (exact) mass is 348 g/mol. The number of hydrogen-bond acceptors (Lipinski definition) is 3. The minimum absolute atomic E-state index is 0.0945. The van der Waals surface area contributed by atoms with Crippen molar-refractivity contribution < 1.29 is 4.79 Å². The molecule has 5 nitrogen and oxygen atoms in total. The molecule has 3 aromatic rings. The molecular formula is C21H24N4O. The molecule has 1 fully saturated rings. The third-order valence-corrected chi connectivity index (χ3v) is 5.32. The molecule has 1 aromatic heterocycles. The van der Waals surface area contributed by atoms with E-state index in [0.717, 1.165) is 41.5 Å². The largest absolute Gasteiger partial charge is 0.352 e. The number of nitrogens with zero attached hydrogens (tertiary/aromatic N) is 2.